The van der Waals surface area contributed by atoms with E-state index in [1.807, 2.05) is 0 Å². The molecule has 0 aliphatic rings. The van der Waals surface area contributed by atoms with Gasteiger partial charge in [-0.1, -0.05) is 0 Å². The Hall–Kier alpha value is -1.85. The van der Waals surface area contributed by atoms with Gasteiger partial charge in [0, 0.05) is 5.54 Å². The van der Waals surface area contributed by atoms with Gasteiger partial charge in [-0.25, -0.2) is 4.98 Å². The Kier molecular flexibility index (Phi) is 4.11. The Bertz CT molecular complexity index is 443. The van der Waals surface area contributed by atoms with Crippen LogP contribution >= 0.6 is 0 Å². The third-order valence-corrected chi connectivity index (χ3v) is 2.46. The molecule has 0 saturated heterocycles. The number of nitrogens with one attached hydrogen (secondary N) is 1. The van der Waals surface area contributed by atoms with Crippen LogP contribution in [0.2, 0.25) is 0 Å². The molecule has 0 unspecified atom stereocenters. The maximum Gasteiger partial charge on any atom is 0.305 e. The van der Waals surface area contributed by atoms with E-state index in [1.54, 1.807) is 27.7 Å². The van der Waals surface area contributed by atoms with Gasteiger partial charge in [0.1, 0.15) is 12.2 Å². The Morgan fingerprint density at radius 2 is 2.00 bits per heavy atom. The first-order chi connectivity index (χ1) is 8.19. The number of rotatable bonds is 5. The van der Waals surface area contributed by atoms with Crippen molar-refractivity contribution in [3.8, 4) is 0 Å². The number of hydrogen-bond donors (Lipinski definition) is 2. The van der Waals surface area contributed by atoms with E-state index in [4.69, 9.17) is 9.52 Å². The molecule has 1 amide bonds. The number of hydrogen-bond acceptors (Lipinski definition) is 4. The fraction of sp³-hybridized carbons (Fsp3) is 0.583. The van der Waals surface area contributed by atoms with Crippen molar-refractivity contribution in [2.24, 2.45) is 0 Å². The third kappa shape index (κ3) is 4.20. The molecule has 0 aliphatic heterocycles. The van der Waals surface area contributed by atoms with Crippen LogP contribution in [0.1, 0.15) is 37.6 Å². The van der Waals surface area contributed by atoms with Gasteiger partial charge in [0.05, 0.1) is 12.1 Å². The van der Waals surface area contributed by atoms with Crippen LogP contribution in [-0.4, -0.2) is 27.5 Å². The van der Waals surface area contributed by atoms with E-state index < -0.39 is 11.5 Å². The molecular weight excluding hydrogens is 236 g/mol. The van der Waals surface area contributed by atoms with Crippen LogP contribution in [0.25, 0.3) is 0 Å². The van der Waals surface area contributed by atoms with Crippen molar-refractivity contribution in [2.75, 3.05) is 0 Å². The number of nitrogens with zero attached hydrogens (tertiary/aromatic N) is 1. The lowest BCUT2D eigenvalue weighted by Gasteiger charge is -2.23. The van der Waals surface area contributed by atoms with Gasteiger partial charge < -0.3 is 14.8 Å². The second-order valence-corrected chi connectivity index (χ2v) is 4.93. The fourth-order valence-corrected chi connectivity index (χ4v) is 1.60. The van der Waals surface area contributed by atoms with Crippen molar-refractivity contribution >= 4 is 11.9 Å². The molecule has 0 bridgehead atoms. The van der Waals surface area contributed by atoms with E-state index in [2.05, 4.69) is 10.3 Å². The minimum atomic E-state index is -0.955. The summed E-state index contributed by atoms with van der Waals surface area (Å²) in [5.41, 5.74) is -0.0397. The molecule has 6 heteroatoms. The first-order valence-electron chi connectivity index (χ1n) is 5.65. The van der Waals surface area contributed by atoms with Gasteiger partial charge >= 0.3 is 5.97 Å². The molecule has 18 heavy (non-hydrogen) atoms. The van der Waals surface area contributed by atoms with Crippen LogP contribution in [-0.2, 0) is 16.0 Å². The van der Waals surface area contributed by atoms with Crippen molar-refractivity contribution in [2.45, 2.75) is 46.1 Å². The summed E-state index contributed by atoms with van der Waals surface area (Å²) in [4.78, 5) is 26.4. The quantitative estimate of drug-likeness (QED) is 0.823. The van der Waals surface area contributed by atoms with Crippen molar-refractivity contribution in [3.05, 3.63) is 17.3 Å². The zero-order chi connectivity index (χ0) is 13.9. The molecule has 1 heterocycles. The molecule has 2 N–H and O–H groups in total. The molecule has 0 aromatic carbocycles. The standard InChI is InChI=1S/C12H18N2O4/c1-7-8(2)18-10(13-7)5-9(15)14-12(3,4)6-11(16)17/h5-6H2,1-4H3,(H,14,15)(H,16,17). The van der Waals surface area contributed by atoms with Gasteiger partial charge in [-0.15, -0.1) is 0 Å². The second kappa shape index (κ2) is 5.20. The van der Waals surface area contributed by atoms with Crippen LogP contribution < -0.4 is 5.32 Å². The summed E-state index contributed by atoms with van der Waals surface area (Å²) < 4.78 is 5.29. The number of carboxylic acids is 1. The predicted octanol–water partition coefficient (Wildman–Crippen LogP) is 1.20. The summed E-state index contributed by atoms with van der Waals surface area (Å²) in [7, 11) is 0. The summed E-state index contributed by atoms with van der Waals surface area (Å²) in [6, 6.07) is 0. The van der Waals surface area contributed by atoms with E-state index in [-0.39, 0.29) is 18.7 Å². The van der Waals surface area contributed by atoms with E-state index in [0.717, 1.165) is 5.69 Å². The molecule has 1 rings (SSSR count). The number of oxazole rings is 1. The molecule has 0 aliphatic carbocycles. The van der Waals surface area contributed by atoms with Crippen molar-refractivity contribution < 1.29 is 19.1 Å². The molecular formula is C12H18N2O4. The van der Waals surface area contributed by atoms with Gasteiger partial charge in [-0.05, 0) is 27.7 Å². The number of carbonyl (C=O) groups is 2. The first-order valence-corrected chi connectivity index (χ1v) is 5.65. The first kappa shape index (κ1) is 14.2. The second-order valence-electron chi connectivity index (χ2n) is 4.93. The van der Waals surface area contributed by atoms with Crippen molar-refractivity contribution in [1.29, 1.82) is 0 Å². The Balaban J connectivity index is 2.59. The molecule has 1 aromatic rings. The summed E-state index contributed by atoms with van der Waals surface area (Å²) in [6.07, 6.45) is -0.125. The average molecular weight is 254 g/mol. The molecule has 100 valence electrons. The highest BCUT2D eigenvalue weighted by Gasteiger charge is 2.24. The monoisotopic (exact) mass is 254 g/mol. The largest absolute Gasteiger partial charge is 0.481 e. The van der Waals surface area contributed by atoms with Crippen molar-refractivity contribution in [1.82, 2.24) is 10.3 Å². The lowest BCUT2D eigenvalue weighted by Crippen LogP contribution is -2.45. The maximum atomic E-state index is 11.7. The number of aromatic nitrogens is 1. The maximum absolute atomic E-state index is 11.7. The zero-order valence-electron chi connectivity index (χ0n) is 11.0. The molecule has 1 aromatic heterocycles. The molecule has 0 fully saturated rings. The third-order valence-electron chi connectivity index (χ3n) is 2.46. The molecule has 0 spiro atoms. The molecule has 0 atom stereocenters. The minimum Gasteiger partial charge on any atom is -0.481 e. The van der Waals surface area contributed by atoms with Crippen LogP contribution in [0.15, 0.2) is 4.42 Å². The Morgan fingerprint density at radius 3 is 2.44 bits per heavy atom. The topological polar surface area (TPSA) is 92.4 Å². The van der Waals surface area contributed by atoms with Crippen LogP contribution in [0.3, 0.4) is 0 Å². The van der Waals surface area contributed by atoms with Crippen LogP contribution in [0.4, 0.5) is 0 Å². The number of aliphatic carboxylic acids is 1. The summed E-state index contributed by atoms with van der Waals surface area (Å²) >= 11 is 0. The Morgan fingerprint density at radius 1 is 1.39 bits per heavy atom. The lowest BCUT2D eigenvalue weighted by atomic mass is 10.0. The summed E-state index contributed by atoms with van der Waals surface area (Å²) in [5, 5.41) is 11.4. The van der Waals surface area contributed by atoms with Gasteiger partial charge in [0.2, 0.25) is 11.8 Å². The van der Waals surface area contributed by atoms with Gasteiger partial charge in [-0.3, -0.25) is 9.59 Å². The van der Waals surface area contributed by atoms with E-state index in [9.17, 15) is 9.59 Å². The van der Waals surface area contributed by atoms with Gasteiger partial charge in [0.15, 0.2) is 0 Å². The number of amides is 1. The fourth-order valence-electron chi connectivity index (χ4n) is 1.60. The summed E-state index contributed by atoms with van der Waals surface area (Å²) in [6.45, 7) is 6.89. The van der Waals surface area contributed by atoms with E-state index in [1.165, 1.54) is 0 Å². The summed E-state index contributed by atoms with van der Waals surface area (Å²) in [5.74, 6) is -0.234. The molecule has 6 nitrogen and oxygen atoms in total. The van der Waals surface area contributed by atoms with E-state index in [0.29, 0.717) is 11.7 Å². The number of carboxylic acid groups (broad SMARTS) is 1. The minimum absolute atomic E-state index is 0.0116. The van der Waals surface area contributed by atoms with E-state index >= 15 is 0 Å². The highest BCUT2D eigenvalue weighted by molar-refractivity contribution is 5.79. The average Bonchev–Trinajstić information content (AvgIpc) is 2.40. The van der Waals surface area contributed by atoms with Crippen LogP contribution in [0, 0.1) is 13.8 Å². The SMILES string of the molecule is Cc1nc(CC(=O)NC(C)(C)CC(=O)O)oc1C. The van der Waals surface area contributed by atoms with Gasteiger partial charge in [0.25, 0.3) is 0 Å². The Labute approximate surface area is 105 Å². The van der Waals surface area contributed by atoms with Crippen molar-refractivity contribution in [3.63, 3.8) is 0 Å². The molecule has 0 radical (unpaired) electrons. The number of aryl methyl sites for hydroxylation is 2. The number of carbonyl (C=O) groups excluding carboxylic acids is 1. The highest BCUT2D eigenvalue weighted by Crippen LogP contribution is 2.11. The van der Waals surface area contributed by atoms with Crippen LogP contribution in [0.5, 0.6) is 0 Å². The smallest absolute Gasteiger partial charge is 0.305 e. The lowest BCUT2D eigenvalue weighted by molar-refractivity contribution is -0.138. The normalized spacial score (nSPS) is 11.3. The van der Waals surface area contributed by atoms with Gasteiger partial charge in [-0.2, -0.15) is 0 Å². The molecule has 0 saturated carbocycles. The zero-order valence-corrected chi connectivity index (χ0v) is 11.0. The highest BCUT2D eigenvalue weighted by atomic mass is 16.4. The predicted molar refractivity (Wildman–Crippen MR) is 64.2 cm³/mol.